The minimum absolute atomic E-state index is 0.127. The molecule has 0 radical (unpaired) electrons. The third kappa shape index (κ3) is 4.84. The van der Waals surface area contributed by atoms with Gasteiger partial charge in [0, 0.05) is 11.3 Å². The van der Waals surface area contributed by atoms with E-state index in [1.165, 1.54) is 0 Å². The molecule has 0 aliphatic heterocycles. The Balaban J connectivity index is 2.07. The first-order valence-electron chi connectivity index (χ1n) is 8.18. The van der Waals surface area contributed by atoms with Crippen molar-refractivity contribution in [3.8, 4) is 5.75 Å². The lowest BCUT2D eigenvalue weighted by Crippen LogP contribution is -2.13. The van der Waals surface area contributed by atoms with E-state index >= 15 is 0 Å². The van der Waals surface area contributed by atoms with E-state index in [1.807, 2.05) is 38.1 Å². The molecule has 0 saturated heterocycles. The summed E-state index contributed by atoms with van der Waals surface area (Å²) in [5, 5.41) is 2.97. The fraction of sp³-hybridized carbons (Fsp3) is 0.350. The van der Waals surface area contributed by atoms with Gasteiger partial charge < -0.3 is 10.1 Å². The smallest absolute Gasteiger partial charge is 0.255 e. The summed E-state index contributed by atoms with van der Waals surface area (Å²) in [6, 6.07) is 11.3. The number of benzene rings is 2. The van der Waals surface area contributed by atoms with Gasteiger partial charge in [-0.1, -0.05) is 26.0 Å². The van der Waals surface area contributed by atoms with E-state index in [4.69, 9.17) is 4.74 Å². The lowest BCUT2D eigenvalue weighted by Gasteiger charge is -2.12. The molecule has 0 unspecified atom stereocenters. The number of amides is 1. The fourth-order valence-electron chi connectivity index (χ4n) is 2.24. The number of aryl methyl sites for hydroxylation is 1. The fourth-order valence-corrected chi connectivity index (χ4v) is 2.74. The van der Waals surface area contributed by atoms with Crippen LogP contribution in [0.2, 0.25) is 0 Å². The number of hydrogen-bond acceptors (Lipinski definition) is 2. The van der Waals surface area contributed by atoms with Crippen molar-refractivity contribution in [1.82, 2.24) is 0 Å². The molecule has 1 amide bonds. The molecule has 1 N–H and O–H groups in total. The van der Waals surface area contributed by atoms with Crippen LogP contribution in [0.15, 0.2) is 40.9 Å². The second-order valence-corrected chi connectivity index (χ2v) is 7.23. The van der Waals surface area contributed by atoms with Crippen LogP contribution < -0.4 is 10.1 Å². The van der Waals surface area contributed by atoms with Crippen LogP contribution in [-0.4, -0.2) is 12.5 Å². The zero-order valence-corrected chi connectivity index (χ0v) is 16.2. The van der Waals surface area contributed by atoms with Crippen molar-refractivity contribution in [3.05, 3.63) is 57.6 Å². The number of rotatable bonds is 6. The van der Waals surface area contributed by atoms with Crippen molar-refractivity contribution in [2.24, 2.45) is 5.92 Å². The second kappa shape index (κ2) is 8.34. The molecule has 2 aromatic carbocycles. The monoisotopic (exact) mass is 389 g/mol. The first-order chi connectivity index (χ1) is 11.4. The summed E-state index contributed by atoms with van der Waals surface area (Å²) in [6.07, 6.45) is 1.00. The highest BCUT2D eigenvalue weighted by Crippen LogP contribution is 2.27. The van der Waals surface area contributed by atoms with E-state index in [0.717, 1.165) is 33.5 Å². The van der Waals surface area contributed by atoms with Crippen LogP contribution in [0.3, 0.4) is 0 Å². The SMILES string of the molecule is Cc1cccc(NC(=O)c2ccc(OCCC(C)C)c(Br)c2)c1C. The quantitative estimate of drug-likeness (QED) is 0.683. The van der Waals surface area contributed by atoms with Crippen molar-refractivity contribution in [3.63, 3.8) is 0 Å². The Morgan fingerprint density at radius 1 is 1.21 bits per heavy atom. The van der Waals surface area contributed by atoms with Crippen LogP contribution in [-0.2, 0) is 0 Å². The molecular formula is C20H24BrNO2. The predicted molar refractivity (Wildman–Crippen MR) is 103 cm³/mol. The molecule has 2 rings (SSSR count). The number of ether oxygens (including phenoxy) is 1. The summed E-state index contributed by atoms with van der Waals surface area (Å²) in [6.45, 7) is 9.04. The third-order valence-corrected chi connectivity index (χ3v) is 4.62. The van der Waals surface area contributed by atoms with E-state index in [0.29, 0.717) is 18.1 Å². The molecule has 0 heterocycles. The molecular weight excluding hydrogens is 366 g/mol. The van der Waals surface area contributed by atoms with Gasteiger partial charge >= 0.3 is 0 Å². The van der Waals surface area contributed by atoms with Gasteiger partial charge in [0.05, 0.1) is 11.1 Å². The Kier molecular flexibility index (Phi) is 6.44. The summed E-state index contributed by atoms with van der Waals surface area (Å²) in [5.74, 6) is 1.24. The molecule has 0 aliphatic rings. The molecule has 128 valence electrons. The Morgan fingerprint density at radius 2 is 1.96 bits per heavy atom. The summed E-state index contributed by atoms with van der Waals surface area (Å²) >= 11 is 3.49. The topological polar surface area (TPSA) is 38.3 Å². The second-order valence-electron chi connectivity index (χ2n) is 6.38. The minimum atomic E-state index is -0.127. The van der Waals surface area contributed by atoms with Crippen molar-refractivity contribution in [1.29, 1.82) is 0 Å². The number of carbonyl (C=O) groups excluding carboxylic acids is 1. The zero-order valence-electron chi connectivity index (χ0n) is 14.7. The van der Waals surface area contributed by atoms with E-state index < -0.39 is 0 Å². The van der Waals surface area contributed by atoms with Crippen molar-refractivity contribution in [2.75, 3.05) is 11.9 Å². The van der Waals surface area contributed by atoms with Gasteiger partial charge in [-0.25, -0.2) is 0 Å². The van der Waals surface area contributed by atoms with Crippen LogP contribution in [0, 0.1) is 19.8 Å². The highest BCUT2D eigenvalue weighted by atomic mass is 79.9. The van der Waals surface area contributed by atoms with Crippen LogP contribution >= 0.6 is 15.9 Å². The van der Waals surface area contributed by atoms with Crippen molar-refractivity contribution < 1.29 is 9.53 Å². The Morgan fingerprint density at radius 3 is 2.62 bits per heavy atom. The lowest BCUT2D eigenvalue weighted by molar-refractivity contribution is 0.102. The molecule has 0 fully saturated rings. The average Bonchev–Trinajstić information content (AvgIpc) is 2.53. The molecule has 0 spiro atoms. The van der Waals surface area contributed by atoms with Crippen LogP contribution in [0.5, 0.6) is 5.75 Å². The third-order valence-electron chi connectivity index (χ3n) is 4.00. The molecule has 2 aromatic rings. The molecule has 0 saturated carbocycles. The van der Waals surface area contributed by atoms with Crippen molar-refractivity contribution >= 4 is 27.5 Å². The first kappa shape index (κ1) is 18.5. The summed E-state index contributed by atoms with van der Waals surface area (Å²) in [7, 11) is 0. The number of nitrogens with one attached hydrogen (secondary N) is 1. The number of anilines is 1. The minimum Gasteiger partial charge on any atom is -0.492 e. The first-order valence-corrected chi connectivity index (χ1v) is 8.97. The Bertz CT molecular complexity index is 726. The van der Waals surface area contributed by atoms with Gasteiger partial charge in [-0.3, -0.25) is 4.79 Å². The Labute approximate surface area is 152 Å². The van der Waals surface area contributed by atoms with Gasteiger partial charge in [-0.2, -0.15) is 0 Å². The number of carbonyl (C=O) groups is 1. The van der Waals surface area contributed by atoms with Crippen LogP contribution in [0.1, 0.15) is 41.8 Å². The molecule has 4 heteroatoms. The summed E-state index contributed by atoms with van der Waals surface area (Å²) in [4.78, 5) is 12.5. The average molecular weight is 390 g/mol. The molecule has 0 bridgehead atoms. The number of halogens is 1. The van der Waals surface area contributed by atoms with Gasteiger partial charge in [-0.05, 0) is 77.5 Å². The van der Waals surface area contributed by atoms with Gasteiger partial charge in [0.2, 0.25) is 0 Å². The van der Waals surface area contributed by atoms with Gasteiger partial charge in [-0.15, -0.1) is 0 Å². The maximum atomic E-state index is 12.5. The van der Waals surface area contributed by atoms with Gasteiger partial charge in [0.25, 0.3) is 5.91 Å². The van der Waals surface area contributed by atoms with E-state index in [1.54, 1.807) is 12.1 Å². The standard InChI is InChI=1S/C20H24BrNO2/c1-13(2)10-11-24-19-9-8-16(12-17(19)21)20(23)22-18-7-5-6-14(3)15(18)4/h5-9,12-13H,10-11H2,1-4H3,(H,22,23). The lowest BCUT2D eigenvalue weighted by atomic mass is 10.1. The van der Waals surface area contributed by atoms with Crippen LogP contribution in [0.4, 0.5) is 5.69 Å². The largest absolute Gasteiger partial charge is 0.492 e. The number of hydrogen-bond donors (Lipinski definition) is 1. The van der Waals surface area contributed by atoms with Crippen LogP contribution in [0.25, 0.3) is 0 Å². The summed E-state index contributed by atoms with van der Waals surface area (Å²) < 4.78 is 6.55. The normalized spacial score (nSPS) is 10.8. The van der Waals surface area contributed by atoms with E-state index in [2.05, 4.69) is 35.1 Å². The zero-order chi connectivity index (χ0) is 17.7. The van der Waals surface area contributed by atoms with E-state index in [-0.39, 0.29) is 5.91 Å². The highest BCUT2D eigenvalue weighted by Gasteiger charge is 2.11. The van der Waals surface area contributed by atoms with E-state index in [9.17, 15) is 4.79 Å². The van der Waals surface area contributed by atoms with Gasteiger partial charge in [0.15, 0.2) is 0 Å². The molecule has 0 aromatic heterocycles. The van der Waals surface area contributed by atoms with Crippen molar-refractivity contribution in [2.45, 2.75) is 34.1 Å². The predicted octanol–water partition coefficient (Wildman–Crippen LogP) is 5.74. The highest BCUT2D eigenvalue weighted by molar-refractivity contribution is 9.10. The summed E-state index contributed by atoms with van der Waals surface area (Å²) in [5.41, 5.74) is 3.67. The Hall–Kier alpha value is -1.81. The molecule has 24 heavy (non-hydrogen) atoms. The van der Waals surface area contributed by atoms with Gasteiger partial charge in [0.1, 0.15) is 5.75 Å². The molecule has 3 nitrogen and oxygen atoms in total. The maximum absolute atomic E-state index is 12.5. The molecule has 0 atom stereocenters. The maximum Gasteiger partial charge on any atom is 0.255 e. The molecule has 0 aliphatic carbocycles.